The highest BCUT2D eigenvalue weighted by atomic mass is 16.7. The molecule has 5 atom stereocenters. The van der Waals surface area contributed by atoms with Gasteiger partial charge in [0.1, 0.15) is 35.7 Å². The minimum Gasteiger partial charge on any atom is -0.462 e. The predicted molar refractivity (Wildman–Crippen MR) is 81.6 cm³/mol. The molecule has 0 aliphatic carbocycles. The zero-order valence-electron chi connectivity index (χ0n) is 12.8. The second kappa shape index (κ2) is 6.50. The standard InChI is InChI=1S/C16H18O8/c1-7-4-12(18)23-10-3-2-8(5-9(7)10)22-16-15(21)14(20)13(19)11(6-17)24-16/h2-5,11,13-17,19-21H,6H2,1H3/t11?,13-,14?,15?,16-/m1/s1. The van der Waals surface area contributed by atoms with Gasteiger partial charge in [-0.3, -0.25) is 0 Å². The van der Waals surface area contributed by atoms with Crippen LogP contribution in [0.25, 0.3) is 11.0 Å². The molecule has 24 heavy (non-hydrogen) atoms. The summed E-state index contributed by atoms with van der Waals surface area (Å²) in [6.45, 7) is 1.21. The zero-order valence-corrected chi connectivity index (χ0v) is 12.8. The molecule has 1 aromatic carbocycles. The molecule has 130 valence electrons. The topological polar surface area (TPSA) is 130 Å². The van der Waals surface area contributed by atoms with Crippen LogP contribution in [0, 0.1) is 6.92 Å². The predicted octanol–water partition coefficient (Wildman–Crippen LogP) is -0.720. The van der Waals surface area contributed by atoms with E-state index in [0.29, 0.717) is 22.3 Å². The summed E-state index contributed by atoms with van der Waals surface area (Å²) in [5.41, 5.74) is 0.629. The summed E-state index contributed by atoms with van der Waals surface area (Å²) < 4.78 is 15.9. The maximum Gasteiger partial charge on any atom is 0.336 e. The van der Waals surface area contributed by atoms with E-state index >= 15 is 0 Å². The van der Waals surface area contributed by atoms with E-state index < -0.39 is 42.9 Å². The van der Waals surface area contributed by atoms with Crippen molar-refractivity contribution in [3.8, 4) is 5.75 Å². The minimum absolute atomic E-state index is 0.309. The number of benzene rings is 1. The lowest BCUT2D eigenvalue weighted by Gasteiger charge is -2.39. The quantitative estimate of drug-likeness (QED) is 0.540. The van der Waals surface area contributed by atoms with E-state index in [9.17, 15) is 25.2 Å². The Morgan fingerprint density at radius 3 is 2.58 bits per heavy atom. The third-order valence-corrected chi connectivity index (χ3v) is 4.02. The van der Waals surface area contributed by atoms with Crippen molar-refractivity contribution >= 4 is 11.0 Å². The molecular weight excluding hydrogens is 320 g/mol. The maximum atomic E-state index is 11.4. The number of fused-ring (bicyclic) bond motifs is 1. The highest BCUT2D eigenvalue weighted by molar-refractivity contribution is 5.81. The van der Waals surface area contributed by atoms with Gasteiger partial charge in [0.2, 0.25) is 6.29 Å². The highest BCUT2D eigenvalue weighted by Crippen LogP contribution is 2.27. The fourth-order valence-electron chi connectivity index (χ4n) is 2.67. The fourth-order valence-corrected chi connectivity index (χ4v) is 2.67. The van der Waals surface area contributed by atoms with E-state index in [0.717, 1.165) is 0 Å². The number of ether oxygens (including phenoxy) is 2. The minimum atomic E-state index is -1.51. The number of aryl methyl sites for hydroxylation is 1. The molecule has 8 heteroatoms. The van der Waals surface area contributed by atoms with Crippen molar-refractivity contribution < 1.29 is 34.3 Å². The van der Waals surface area contributed by atoms with Crippen molar-refractivity contribution in [3.05, 3.63) is 40.2 Å². The summed E-state index contributed by atoms with van der Waals surface area (Å²) in [6.07, 6.45) is -6.77. The molecule has 0 amide bonds. The first-order valence-electron chi connectivity index (χ1n) is 7.42. The molecule has 8 nitrogen and oxygen atoms in total. The Bertz CT molecular complexity index is 783. The molecule has 2 aromatic rings. The van der Waals surface area contributed by atoms with Crippen LogP contribution in [-0.2, 0) is 4.74 Å². The molecule has 0 radical (unpaired) electrons. The lowest BCUT2D eigenvalue weighted by molar-refractivity contribution is -0.277. The van der Waals surface area contributed by atoms with E-state index in [1.807, 2.05) is 0 Å². The Labute approximate surface area is 136 Å². The van der Waals surface area contributed by atoms with Crippen LogP contribution < -0.4 is 10.4 Å². The van der Waals surface area contributed by atoms with Gasteiger partial charge >= 0.3 is 5.63 Å². The Morgan fingerprint density at radius 1 is 1.12 bits per heavy atom. The lowest BCUT2D eigenvalue weighted by atomic mass is 9.99. The Morgan fingerprint density at radius 2 is 1.88 bits per heavy atom. The largest absolute Gasteiger partial charge is 0.462 e. The molecule has 1 aliphatic heterocycles. The maximum absolute atomic E-state index is 11.4. The van der Waals surface area contributed by atoms with Crippen LogP contribution >= 0.6 is 0 Å². The first-order valence-corrected chi connectivity index (χ1v) is 7.42. The zero-order chi connectivity index (χ0) is 17.4. The van der Waals surface area contributed by atoms with Gasteiger partial charge in [0, 0.05) is 11.5 Å². The molecule has 2 heterocycles. The normalized spacial score (nSPS) is 30.5. The van der Waals surface area contributed by atoms with Gasteiger partial charge in [0.05, 0.1) is 6.61 Å². The SMILES string of the molecule is Cc1cc(=O)oc2ccc(O[C@@H]3OC(CO)[C@@H](O)C(O)C3O)cc12. The van der Waals surface area contributed by atoms with Gasteiger partial charge in [0.25, 0.3) is 0 Å². The summed E-state index contributed by atoms with van der Waals surface area (Å²) in [5, 5.41) is 39.3. The number of aliphatic hydroxyl groups is 4. The van der Waals surface area contributed by atoms with Crippen LogP contribution in [0.5, 0.6) is 5.75 Å². The molecule has 1 fully saturated rings. The van der Waals surface area contributed by atoms with Crippen molar-refractivity contribution in [1.29, 1.82) is 0 Å². The first-order chi connectivity index (χ1) is 11.4. The van der Waals surface area contributed by atoms with Crippen LogP contribution in [0.4, 0.5) is 0 Å². The summed E-state index contributed by atoms with van der Waals surface area (Å²) in [7, 11) is 0. The second-order valence-corrected chi connectivity index (χ2v) is 5.72. The lowest BCUT2D eigenvalue weighted by Crippen LogP contribution is -2.60. The van der Waals surface area contributed by atoms with Gasteiger partial charge in [-0.15, -0.1) is 0 Å². The van der Waals surface area contributed by atoms with Gasteiger partial charge in [-0.25, -0.2) is 4.79 Å². The molecule has 4 N–H and O–H groups in total. The second-order valence-electron chi connectivity index (χ2n) is 5.72. The summed E-state index contributed by atoms with van der Waals surface area (Å²) in [4.78, 5) is 11.4. The molecule has 1 aromatic heterocycles. The van der Waals surface area contributed by atoms with Crippen molar-refractivity contribution in [3.63, 3.8) is 0 Å². The van der Waals surface area contributed by atoms with Gasteiger partial charge in [-0.1, -0.05) is 0 Å². The van der Waals surface area contributed by atoms with Crippen LogP contribution in [0.2, 0.25) is 0 Å². The third kappa shape index (κ3) is 3.02. The Balaban J connectivity index is 1.87. The summed E-state index contributed by atoms with van der Waals surface area (Å²) in [6, 6.07) is 6.02. The van der Waals surface area contributed by atoms with Gasteiger partial charge in [-0.05, 0) is 30.7 Å². The Hall–Kier alpha value is -1.97. The molecule has 3 unspecified atom stereocenters. The molecule has 0 spiro atoms. The van der Waals surface area contributed by atoms with E-state index in [4.69, 9.17) is 13.9 Å². The van der Waals surface area contributed by atoms with Gasteiger partial charge in [0.15, 0.2) is 0 Å². The van der Waals surface area contributed by atoms with Crippen LogP contribution in [0.1, 0.15) is 5.56 Å². The monoisotopic (exact) mass is 338 g/mol. The van der Waals surface area contributed by atoms with E-state index in [2.05, 4.69) is 0 Å². The number of hydrogen-bond acceptors (Lipinski definition) is 8. The van der Waals surface area contributed by atoms with Crippen LogP contribution in [0.3, 0.4) is 0 Å². The number of aliphatic hydroxyl groups excluding tert-OH is 4. The summed E-state index contributed by atoms with van der Waals surface area (Å²) >= 11 is 0. The first kappa shape index (κ1) is 16.9. The molecule has 3 rings (SSSR count). The molecule has 0 bridgehead atoms. The van der Waals surface area contributed by atoms with E-state index in [1.54, 1.807) is 19.1 Å². The third-order valence-electron chi connectivity index (χ3n) is 4.02. The van der Waals surface area contributed by atoms with Crippen LogP contribution in [-0.4, -0.2) is 57.7 Å². The van der Waals surface area contributed by atoms with Crippen molar-refractivity contribution in [1.82, 2.24) is 0 Å². The molecular formula is C16H18O8. The van der Waals surface area contributed by atoms with Crippen molar-refractivity contribution in [2.45, 2.75) is 37.6 Å². The van der Waals surface area contributed by atoms with Crippen molar-refractivity contribution in [2.75, 3.05) is 6.61 Å². The molecule has 1 aliphatic rings. The van der Waals surface area contributed by atoms with Crippen molar-refractivity contribution in [2.24, 2.45) is 0 Å². The fraction of sp³-hybridized carbons (Fsp3) is 0.438. The summed E-state index contributed by atoms with van der Waals surface area (Å²) in [5.74, 6) is 0.309. The number of hydrogen-bond donors (Lipinski definition) is 4. The molecule has 0 saturated carbocycles. The highest BCUT2D eigenvalue weighted by Gasteiger charge is 2.44. The number of rotatable bonds is 3. The van der Waals surface area contributed by atoms with Crippen LogP contribution in [0.15, 0.2) is 33.5 Å². The van der Waals surface area contributed by atoms with Gasteiger partial charge < -0.3 is 34.3 Å². The average molecular weight is 338 g/mol. The van der Waals surface area contributed by atoms with E-state index in [-0.39, 0.29) is 0 Å². The smallest absolute Gasteiger partial charge is 0.336 e. The van der Waals surface area contributed by atoms with Gasteiger partial charge in [-0.2, -0.15) is 0 Å². The Kier molecular flexibility index (Phi) is 4.57. The average Bonchev–Trinajstić information content (AvgIpc) is 2.55. The van der Waals surface area contributed by atoms with E-state index in [1.165, 1.54) is 12.1 Å². The molecule has 1 saturated heterocycles.